The van der Waals surface area contributed by atoms with Gasteiger partial charge >= 0.3 is 6.18 Å². The molecule has 0 aliphatic carbocycles. The molecule has 4 nitrogen and oxygen atoms in total. The predicted molar refractivity (Wildman–Crippen MR) is 79.6 cm³/mol. The van der Waals surface area contributed by atoms with Crippen molar-refractivity contribution in [2.24, 2.45) is 7.05 Å². The van der Waals surface area contributed by atoms with Crippen LogP contribution in [0.1, 0.15) is 16.8 Å². The van der Waals surface area contributed by atoms with Crippen LogP contribution in [0.25, 0.3) is 11.3 Å². The Hall–Kier alpha value is -2.57. The highest BCUT2D eigenvalue weighted by molar-refractivity contribution is 5.60. The maximum atomic E-state index is 12.6. The predicted octanol–water partition coefficient (Wildman–Crippen LogP) is 3.61. The fraction of sp³-hybridized carbons (Fsp3) is 0.250. The molecule has 2 heterocycles. The van der Waals surface area contributed by atoms with Crippen molar-refractivity contribution in [2.45, 2.75) is 19.0 Å². The van der Waals surface area contributed by atoms with Crippen LogP contribution in [-0.2, 0) is 26.1 Å². The van der Waals surface area contributed by atoms with Crippen LogP contribution in [0.2, 0.25) is 0 Å². The molecule has 120 valence electrons. The number of aryl methyl sites for hydroxylation is 2. The molecule has 0 aliphatic rings. The van der Waals surface area contributed by atoms with Crippen LogP contribution < -0.4 is 0 Å². The van der Waals surface area contributed by atoms with Crippen molar-refractivity contribution in [3.63, 3.8) is 0 Å². The van der Waals surface area contributed by atoms with E-state index in [1.165, 1.54) is 12.1 Å². The zero-order valence-corrected chi connectivity index (χ0v) is 12.4. The van der Waals surface area contributed by atoms with Crippen LogP contribution in [0.4, 0.5) is 13.2 Å². The zero-order chi connectivity index (χ0) is 16.4. The Morgan fingerprint density at radius 3 is 2.43 bits per heavy atom. The molecule has 0 spiro atoms. The third-order valence-corrected chi connectivity index (χ3v) is 3.78. The molecule has 0 atom stereocenters. The molecule has 0 aliphatic heterocycles. The van der Waals surface area contributed by atoms with Gasteiger partial charge in [-0.15, -0.1) is 0 Å². The maximum absolute atomic E-state index is 12.6. The highest BCUT2D eigenvalue weighted by Gasteiger charge is 2.29. The molecule has 0 saturated heterocycles. The van der Waals surface area contributed by atoms with Crippen molar-refractivity contribution < 1.29 is 13.2 Å². The largest absolute Gasteiger partial charge is 0.416 e. The van der Waals surface area contributed by atoms with Gasteiger partial charge in [-0.2, -0.15) is 18.3 Å². The normalized spacial score (nSPS) is 11.8. The van der Waals surface area contributed by atoms with Crippen molar-refractivity contribution >= 4 is 0 Å². The fourth-order valence-corrected chi connectivity index (χ4v) is 2.51. The molecular weight excluding hydrogens is 305 g/mol. The van der Waals surface area contributed by atoms with Gasteiger partial charge in [0.2, 0.25) is 0 Å². The second-order valence-electron chi connectivity index (χ2n) is 5.29. The Morgan fingerprint density at radius 2 is 1.83 bits per heavy atom. The average Bonchev–Trinajstić information content (AvgIpc) is 3.14. The van der Waals surface area contributed by atoms with E-state index in [-0.39, 0.29) is 0 Å². The van der Waals surface area contributed by atoms with Crippen LogP contribution in [0.15, 0.2) is 43.0 Å². The van der Waals surface area contributed by atoms with Gasteiger partial charge in [-0.3, -0.25) is 4.68 Å². The first-order chi connectivity index (χ1) is 10.9. The summed E-state index contributed by atoms with van der Waals surface area (Å²) >= 11 is 0. The molecule has 0 unspecified atom stereocenters. The van der Waals surface area contributed by atoms with Gasteiger partial charge in [0.05, 0.1) is 30.0 Å². The number of aromatic amines is 1. The molecule has 2 aromatic heterocycles. The molecule has 3 aromatic rings. The number of nitrogens with one attached hydrogen (secondary N) is 1. The quantitative estimate of drug-likeness (QED) is 0.798. The topological polar surface area (TPSA) is 46.5 Å². The molecule has 1 aromatic carbocycles. The van der Waals surface area contributed by atoms with Crippen molar-refractivity contribution in [3.8, 4) is 11.3 Å². The van der Waals surface area contributed by atoms with E-state index in [4.69, 9.17) is 0 Å². The Morgan fingerprint density at radius 1 is 1.09 bits per heavy atom. The second kappa shape index (κ2) is 5.91. The minimum Gasteiger partial charge on any atom is -0.345 e. The summed E-state index contributed by atoms with van der Waals surface area (Å²) in [6, 6.07) is 5.28. The van der Waals surface area contributed by atoms with Crippen LogP contribution in [-0.4, -0.2) is 19.7 Å². The molecule has 0 bridgehead atoms. The monoisotopic (exact) mass is 320 g/mol. The zero-order valence-electron chi connectivity index (χ0n) is 12.4. The van der Waals surface area contributed by atoms with Crippen LogP contribution in [0.5, 0.6) is 0 Å². The third kappa shape index (κ3) is 3.28. The third-order valence-electron chi connectivity index (χ3n) is 3.78. The van der Waals surface area contributed by atoms with Gasteiger partial charge in [0.1, 0.15) is 0 Å². The first-order valence-corrected chi connectivity index (χ1v) is 7.11. The second-order valence-corrected chi connectivity index (χ2v) is 5.29. The van der Waals surface area contributed by atoms with E-state index >= 15 is 0 Å². The molecular formula is C16H15F3N4. The van der Waals surface area contributed by atoms with E-state index in [2.05, 4.69) is 15.1 Å². The van der Waals surface area contributed by atoms with Crippen molar-refractivity contribution in [1.29, 1.82) is 0 Å². The number of H-pyrrole nitrogens is 1. The average molecular weight is 320 g/mol. The lowest BCUT2D eigenvalue weighted by molar-refractivity contribution is -0.137. The summed E-state index contributed by atoms with van der Waals surface area (Å²) in [6.07, 6.45) is 2.10. The number of halogens is 3. The van der Waals surface area contributed by atoms with Crippen LogP contribution in [0.3, 0.4) is 0 Å². The molecule has 0 saturated carbocycles. The van der Waals surface area contributed by atoms with Gasteiger partial charge in [0, 0.05) is 18.3 Å². The standard InChI is InChI=1S/C16H15F3N4/c1-23-15(13(8-22-23)14-9-20-10-21-14)7-4-11-2-5-12(6-3-11)16(17,18)19/h2-3,5-6,8-10H,4,7H2,1H3,(H,20,21). The Balaban J connectivity index is 1.75. The first-order valence-electron chi connectivity index (χ1n) is 7.11. The summed E-state index contributed by atoms with van der Waals surface area (Å²) in [6.45, 7) is 0. The molecule has 7 heteroatoms. The Labute approximate surface area is 131 Å². The number of alkyl halides is 3. The minimum atomic E-state index is -4.30. The van der Waals surface area contributed by atoms with Gasteiger partial charge in [0.15, 0.2) is 0 Å². The van der Waals surface area contributed by atoms with Gasteiger partial charge < -0.3 is 4.98 Å². The van der Waals surface area contributed by atoms with Gasteiger partial charge in [-0.25, -0.2) is 4.98 Å². The lowest BCUT2D eigenvalue weighted by Gasteiger charge is -2.08. The van der Waals surface area contributed by atoms with Gasteiger partial charge in [-0.05, 0) is 30.5 Å². The highest BCUT2D eigenvalue weighted by atomic mass is 19.4. The Kier molecular flexibility index (Phi) is 3.94. The summed E-state index contributed by atoms with van der Waals surface area (Å²) in [5.41, 5.74) is 3.07. The summed E-state index contributed by atoms with van der Waals surface area (Å²) in [5.74, 6) is 0. The van der Waals surface area contributed by atoms with E-state index in [9.17, 15) is 13.2 Å². The summed E-state index contributed by atoms with van der Waals surface area (Å²) in [4.78, 5) is 7.04. The smallest absolute Gasteiger partial charge is 0.345 e. The van der Waals surface area contributed by atoms with Crippen molar-refractivity contribution in [3.05, 3.63) is 59.8 Å². The summed E-state index contributed by atoms with van der Waals surface area (Å²) in [7, 11) is 1.85. The van der Waals surface area contributed by atoms with E-state index in [1.807, 2.05) is 7.05 Å². The SMILES string of the molecule is Cn1ncc(-c2cnc[nH]2)c1CCc1ccc(C(F)(F)F)cc1. The van der Waals surface area contributed by atoms with Crippen molar-refractivity contribution in [2.75, 3.05) is 0 Å². The lowest BCUT2D eigenvalue weighted by Crippen LogP contribution is -2.05. The van der Waals surface area contributed by atoms with Crippen LogP contribution in [0, 0.1) is 0 Å². The lowest BCUT2D eigenvalue weighted by atomic mass is 10.0. The molecule has 3 rings (SSSR count). The van der Waals surface area contributed by atoms with Gasteiger partial charge in [0.25, 0.3) is 0 Å². The van der Waals surface area contributed by atoms with E-state index < -0.39 is 11.7 Å². The van der Waals surface area contributed by atoms with Crippen molar-refractivity contribution in [1.82, 2.24) is 19.7 Å². The number of imidazole rings is 1. The number of benzene rings is 1. The molecule has 0 fully saturated rings. The molecule has 0 radical (unpaired) electrons. The Bertz CT molecular complexity index is 771. The number of nitrogens with zero attached hydrogens (tertiary/aromatic N) is 3. The first kappa shape index (κ1) is 15.3. The molecule has 23 heavy (non-hydrogen) atoms. The van der Waals surface area contributed by atoms with E-state index in [0.717, 1.165) is 34.6 Å². The number of rotatable bonds is 4. The maximum Gasteiger partial charge on any atom is 0.416 e. The van der Waals surface area contributed by atoms with E-state index in [0.29, 0.717) is 12.8 Å². The van der Waals surface area contributed by atoms with E-state index in [1.54, 1.807) is 23.4 Å². The number of hydrogen-bond acceptors (Lipinski definition) is 2. The highest BCUT2D eigenvalue weighted by Crippen LogP contribution is 2.29. The number of aromatic nitrogens is 4. The molecule has 0 amide bonds. The van der Waals surface area contributed by atoms with Crippen LogP contribution >= 0.6 is 0 Å². The fourth-order valence-electron chi connectivity index (χ4n) is 2.51. The minimum absolute atomic E-state index is 0.625. The molecule has 1 N–H and O–H groups in total. The van der Waals surface area contributed by atoms with Gasteiger partial charge in [-0.1, -0.05) is 12.1 Å². The number of hydrogen-bond donors (Lipinski definition) is 1. The summed E-state index contributed by atoms with van der Waals surface area (Å²) in [5, 5.41) is 4.25. The summed E-state index contributed by atoms with van der Waals surface area (Å²) < 4.78 is 39.5.